The fourth-order valence-electron chi connectivity index (χ4n) is 1.08. The average Bonchev–Trinajstić information content (AvgIpc) is 2.07. The normalized spacial score (nSPS) is 17.6. The van der Waals surface area contributed by atoms with Gasteiger partial charge in [-0.05, 0) is 32.1 Å². The van der Waals surface area contributed by atoms with Crippen molar-refractivity contribution in [3.63, 3.8) is 0 Å². The average molecular weight is 152 g/mol. The molecule has 0 spiro atoms. The summed E-state index contributed by atoms with van der Waals surface area (Å²) in [6, 6.07) is 0. The molecule has 1 aliphatic carbocycles. The third-order valence-electron chi connectivity index (χ3n) is 1.66. The van der Waals surface area contributed by atoms with E-state index in [2.05, 4.69) is 18.2 Å². The number of rotatable bonds is 3. The van der Waals surface area contributed by atoms with Gasteiger partial charge in [-0.2, -0.15) is 0 Å². The first-order chi connectivity index (χ1) is 5.43. The van der Waals surface area contributed by atoms with Crippen molar-refractivity contribution in [1.82, 2.24) is 0 Å². The van der Waals surface area contributed by atoms with Crippen molar-refractivity contribution in [1.29, 1.82) is 0 Å². The van der Waals surface area contributed by atoms with Crippen LogP contribution in [-0.2, 0) is 4.84 Å². The summed E-state index contributed by atoms with van der Waals surface area (Å²) in [5.74, 6) is 0. The molecular weight excluding hydrogens is 138 g/mol. The maximum atomic E-state index is 4.98. The first kappa shape index (κ1) is 8.31. The number of hydrogen-bond donors (Lipinski definition) is 0. The molecule has 0 N–H and O–H groups in total. The third kappa shape index (κ3) is 3.21. The Morgan fingerprint density at radius 2 is 2.27 bits per heavy atom. The molecule has 0 aromatic carbocycles. The lowest BCUT2D eigenvalue weighted by Gasteiger charge is -2.10. The van der Waals surface area contributed by atoms with Crippen LogP contribution in [0.3, 0.4) is 0 Å². The van der Waals surface area contributed by atoms with E-state index in [0.717, 1.165) is 25.7 Å². The Morgan fingerprint density at radius 3 is 2.91 bits per heavy atom. The number of oxime groups is 1. The van der Waals surface area contributed by atoms with Gasteiger partial charge in [0, 0.05) is 0 Å². The van der Waals surface area contributed by atoms with E-state index in [1.54, 1.807) is 6.08 Å². The second-order valence-electron chi connectivity index (χ2n) is 2.61. The molecule has 1 aliphatic rings. The van der Waals surface area contributed by atoms with Gasteiger partial charge in [0.05, 0.1) is 5.71 Å². The van der Waals surface area contributed by atoms with Crippen LogP contribution in [0.15, 0.2) is 17.8 Å². The maximum Gasteiger partial charge on any atom is 0.135 e. The van der Waals surface area contributed by atoms with E-state index in [1.807, 2.05) is 0 Å². The maximum absolute atomic E-state index is 4.98. The molecule has 0 atom stereocenters. The van der Waals surface area contributed by atoms with Gasteiger partial charge in [-0.3, -0.25) is 0 Å². The van der Waals surface area contributed by atoms with Crippen molar-refractivity contribution in [3.05, 3.63) is 19.1 Å². The van der Waals surface area contributed by atoms with Crippen molar-refractivity contribution >= 4 is 5.71 Å². The highest BCUT2D eigenvalue weighted by Gasteiger charge is 2.06. The summed E-state index contributed by atoms with van der Waals surface area (Å²) in [5.41, 5.74) is 1.19. The highest BCUT2D eigenvalue weighted by atomic mass is 16.6. The van der Waals surface area contributed by atoms with Crippen LogP contribution in [0.1, 0.15) is 25.7 Å². The molecule has 2 nitrogen and oxygen atoms in total. The molecule has 11 heavy (non-hydrogen) atoms. The number of hydrogen-bond acceptors (Lipinski definition) is 2. The minimum Gasteiger partial charge on any atom is -0.392 e. The van der Waals surface area contributed by atoms with Crippen LogP contribution in [0, 0.1) is 6.42 Å². The van der Waals surface area contributed by atoms with E-state index in [0.29, 0.717) is 6.61 Å². The van der Waals surface area contributed by atoms with Crippen LogP contribution in [-0.4, -0.2) is 12.3 Å². The monoisotopic (exact) mass is 152 g/mol. The molecule has 2 heteroatoms. The van der Waals surface area contributed by atoms with Gasteiger partial charge in [-0.25, -0.2) is 0 Å². The Morgan fingerprint density at radius 1 is 1.55 bits per heavy atom. The predicted molar refractivity (Wildman–Crippen MR) is 46.4 cm³/mol. The third-order valence-corrected chi connectivity index (χ3v) is 1.66. The highest BCUT2D eigenvalue weighted by Crippen LogP contribution is 2.13. The van der Waals surface area contributed by atoms with E-state index < -0.39 is 0 Å². The zero-order valence-electron chi connectivity index (χ0n) is 6.75. The van der Waals surface area contributed by atoms with Crippen LogP contribution in [0.25, 0.3) is 0 Å². The first-order valence-corrected chi connectivity index (χ1v) is 4.03. The molecule has 61 valence electrons. The molecule has 1 rings (SSSR count). The van der Waals surface area contributed by atoms with E-state index in [1.165, 1.54) is 5.71 Å². The fraction of sp³-hybridized carbons (Fsp3) is 0.556. The fourth-order valence-corrected chi connectivity index (χ4v) is 1.08. The van der Waals surface area contributed by atoms with Gasteiger partial charge in [0.15, 0.2) is 0 Å². The summed E-state index contributed by atoms with van der Waals surface area (Å²) in [7, 11) is 0. The SMILES string of the molecule is C=CCON=C1CC[CH]CC1. The molecule has 0 aromatic heterocycles. The van der Waals surface area contributed by atoms with Gasteiger partial charge in [-0.1, -0.05) is 17.8 Å². The summed E-state index contributed by atoms with van der Waals surface area (Å²) in [5, 5.41) is 4.00. The van der Waals surface area contributed by atoms with Crippen molar-refractivity contribution in [2.75, 3.05) is 6.61 Å². The van der Waals surface area contributed by atoms with Gasteiger partial charge in [0.2, 0.25) is 0 Å². The van der Waals surface area contributed by atoms with Crippen LogP contribution in [0.4, 0.5) is 0 Å². The molecule has 1 radical (unpaired) electrons. The lowest BCUT2D eigenvalue weighted by molar-refractivity contribution is 0.173. The first-order valence-electron chi connectivity index (χ1n) is 4.03. The topological polar surface area (TPSA) is 21.6 Å². The second kappa shape index (κ2) is 4.94. The summed E-state index contributed by atoms with van der Waals surface area (Å²) >= 11 is 0. The molecule has 0 saturated heterocycles. The smallest absolute Gasteiger partial charge is 0.135 e. The lowest BCUT2D eigenvalue weighted by Crippen LogP contribution is -2.05. The van der Waals surface area contributed by atoms with Crippen molar-refractivity contribution in [2.45, 2.75) is 25.7 Å². The summed E-state index contributed by atoms with van der Waals surface area (Å²) < 4.78 is 0. The van der Waals surface area contributed by atoms with Gasteiger partial charge in [-0.15, -0.1) is 0 Å². The van der Waals surface area contributed by atoms with Gasteiger partial charge < -0.3 is 4.84 Å². The Balaban J connectivity index is 2.20. The molecule has 0 heterocycles. The summed E-state index contributed by atoms with van der Waals surface area (Å²) in [6.45, 7) is 4.06. The molecule has 1 fully saturated rings. The Bertz CT molecular complexity index is 144. The molecule has 0 amide bonds. The summed E-state index contributed by atoms with van der Waals surface area (Å²) in [4.78, 5) is 4.98. The predicted octanol–water partition coefficient (Wildman–Crippen LogP) is 2.32. The highest BCUT2D eigenvalue weighted by molar-refractivity contribution is 5.84. The zero-order valence-corrected chi connectivity index (χ0v) is 6.75. The Hall–Kier alpha value is -0.790. The molecule has 0 unspecified atom stereocenters. The minimum absolute atomic E-state index is 0.521. The van der Waals surface area contributed by atoms with Crippen LogP contribution in [0.2, 0.25) is 0 Å². The van der Waals surface area contributed by atoms with E-state index in [4.69, 9.17) is 4.84 Å². The van der Waals surface area contributed by atoms with Crippen LogP contribution >= 0.6 is 0 Å². The van der Waals surface area contributed by atoms with Crippen LogP contribution in [0.5, 0.6) is 0 Å². The van der Waals surface area contributed by atoms with Crippen molar-refractivity contribution in [2.24, 2.45) is 5.16 Å². The number of nitrogens with zero attached hydrogens (tertiary/aromatic N) is 1. The van der Waals surface area contributed by atoms with E-state index >= 15 is 0 Å². The minimum atomic E-state index is 0.521. The standard InChI is InChI=1S/C9H14NO/c1-2-8-11-10-9-6-4-3-5-7-9/h2-3H,1,4-8H2. The summed E-state index contributed by atoms with van der Waals surface area (Å²) in [6.07, 6.45) is 8.44. The van der Waals surface area contributed by atoms with Crippen molar-refractivity contribution < 1.29 is 4.84 Å². The van der Waals surface area contributed by atoms with E-state index in [9.17, 15) is 0 Å². The molecule has 1 saturated carbocycles. The molecular formula is C9H14NO. The van der Waals surface area contributed by atoms with Crippen LogP contribution < -0.4 is 0 Å². The van der Waals surface area contributed by atoms with Gasteiger partial charge >= 0.3 is 0 Å². The zero-order chi connectivity index (χ0) is 7.94. The van der Waals surface area contributed by atoms with E-state index in [-0.39, 0.29) is 0 Å². The second-order valence-corrected chi connectivity index (χ2v) is 2.61. The molecule has 0 aromatic rings. The lowest BCUT2D eigenvalue weighted by atomic mass is 9.99. The van der Waals surface area contributed by atoms with Gasteiger partial charge in [0.1, 0.15) is 6.61 Å². The van der Waals surface area contributed by atoms with Gasteiger partial charge in [0.25, 0.3) is 0 Å². The van der Waals surface area contributed by atoms with Crippen molar-refractivity contribution in [3.8, 4) is 0 Å². The Kier molecular flexibility index (Phi) is 3.73. The Labute approximate surface area is 67.9 Å². The largest absolute Gasteiger partial charge is 0.392 e. The molecule has 0 bridgehead atoms. The quantitative estimate of drug-likeness (QED) is 0.345. The molecule has 0 aliphatic heterocycles.